The lowest BCUT2D eigenvalue weighted by Crippen LogP contribution is -2.28. The number of hydrogen-bond acceptors (Lipinski definition) is 3. The van der Waals surface area contributed by atoms with Crippen LogP contribution in [0.25, 0.3) is 0 Å². The standard InChI is InChI=1S/C13H16BrClN2O/c1-18-13(6-2-3-7-13)12-16-10(8-4-5-8)9(14)11(15)17-12/h8H,2-7H2,1H3. The highest BCUT2D eigenvalue weighted by Crippen LogP contribution is 2.46. The van der Waals surface area contributed by atoms with Crippen molar-refractivity contribution < 1.29 is 4.74 Å². The van der Waals surface area contributed by atoms with E-state index in [2.05, 4.69) is 20.9 Å². The zero-order valence-corrected chi connectivity index (χ0v) is 12.7. The molecule has 2 saturated carbocycles. The van der Waals surface area contributed by atoms with Crippen LogP contribution >= 0.6 is 27.5 Å². The van der Waals surface area contributed by atoms with Crippen molar-refractivity contribution in [1.29, 1.82) is 0 Å². The van der Waals surface area contributed by atoms with Crippen molar-refractivity contribution in [3.05, 3.63) is 21.1 Å². The van der Waals surface area contributed by atoms with Gasteiger partial charge >= 0.3 is 0 Å². The van der Waals surface area contributed by atoms with Gasteiger partial charge in [0.25, 0.3) is 0 Å². The lowest BCUT2D eigenvalue weighted by Gasteiger charge is -2.26. The summed E-state index contributed by atoms with van der Waals surface area (Å²) in [7, 11) is 1.75. The molecule has 5 heteroatoms. The van der Waals surface area contributed by atoms with Gasteiger partial charge in [-0.25, -0.2) is 9.97 Å². The molecule has 0 bridgehead atoms. The minimum atomic E-state index is -0.312. The van der Waals surface area contributed by atoms with Crippen LogP contribution in [0.15, 0.2) is 4.47 Å². The molecule has 0 spiro atoms. The van der Waals surface area contributed by atoms with Gasteiger partial charge in [-0.05, 0) is 54.5 Å². The first-order chi connectivity index (χ1) is 8.66. The summed E-state index contributed by atoms with van der Waals surface area (Å²) in [5, 5.41) is 0.519. The summed E-state index contributed by atoms with van der Waals surface area (Å²) >= 11 is 9.74. The average molecular weight is 332 g/mol. The fourth-order valence-electron chi connectivity index (χ4n) is 2.73. The first-order valence-corrected chi connectivity index (χ1v) is 7.62. The lowest BCUT2D eigenvalue weighted by atomic mass is 10.0. The Morgan fingerprint density at radius 1 is 1.28 bits per heavy atom. The number of rotatable bonds is 3. The van der Waals surface area contributed by atoms with Crippen molar-refractivity contribution >= 4 is 27.5 Å². The van der Waals surface area contributed by atoms with Crippen LogP contribution in [0.5, 0.6) is 0 Å². The minimum Gasteiger partial charge on any atom is -0.370 e. The maximum Gasteiger partial charge on any atom is 0.162 e. The van der Waals surface area contributed by atoms with E-state index in [-0.39, 0.29) is 5.60 Å². The lowest BCUT2D eigenvalue weighted by molar-refractivity contribution is -0.0165. The molecule has 1 heterocycles. The Hall–Kier alpha value is -0.190. The molecule has 98 valence electrons. The Balaban J connectivity index is 2.06. The van der Waals surface area contributed by atoms with E-state index < -0.39 is 0 Å². The normalized spacial score (nSPS) is 22.4. The number of ether oxygens (including phenoxy) is 1. The first-order valence-electron chi connectivity index (χ1n) is 6.45. The third-order valence-corrected chi connectivity index (χ3v) is 5.29. The third-order valence-electron chi connectivity index (χ3n) is 4.01. The molecule has 0 aliphatic heterocycles. The van der Waals surface area contributed by atoms with Crippen molar-refractivity contribution in [2.75, 3.05) is 7.11 Å². The molecule has 0 N–H and O–H groups in total. The second kappa shape index (κ2) is 4.73. The van der Waals surface area contributed by atoms with Crippen molar-refractivity contribution in [2.24, 2.45) is 0 Å². The molecule has 3 rings (SSSR count). The molecule has 3 nitrogen and oxygen atoms in total. The molecule has 2 aliphatic rings. The third kappa shape index (κ3) is 2.08. The van der Waals surface area contributed by atoms with Crippen molar-refractivity contribution in [1.82, 2.24) is 9.97 Å². The van der Waals surface area contributed by atoms with Crippen LogP contribution in [0.4, 0.5) is 0 Å². The van der Waals surface area contributed by atoms with E-state index in [1.54, 1.807) is 7.11 Å². The molecule has 0 radical (unpaired) electrons. The molecule has 0 atom stereocenters. The molecular formula is C13H16BrClN2O. The first kappa shape index (κ1) is 12.8. The van der Waals surface area contributed by atoms with Crippen LogP contribution < -0.4 is 0 Å². The summed E-state index contributed by atoms with van der Waals surface area (Å²) in [6.45, 7) is 0. The van der Waals surface area contributed by atoms with E-state index in [0.717, 1.165) is 28.8 Å². The monoisotopic (exact) mass is 330 g/mol. The summed E-state index contributed by atoms with van der Waals surface area (Å²) in [6.07, 6.45) is 6.72. The van der Waals surface area contributed by atoms with E-state index in [1.807, 2.05) is 0 Å². The quantitative estimate of drug-likeness (QED) is 0.779. The van der Waals surface area contributed by atoms with Gasteiger partial charge in [-0.15, -0.1) is 0 Å². The fraction of sp³-hybridized carbons (Fsp3) is 0.692. The summed E-state index contributed by atoms with van der Waals surface area (Å²) in [4.78, 5) is 9.20. The number of nitrogens with zero attached hydrogens (tertiary/aromatic N) is 2. The van der Waals surface area contributed by atoms with Gasteiger partial charge in [0, 0.05) is 13.0 Å². The maximum atomic E-state index is 6.23. The molecule has 1 aromatic rings. The highest BCUT2D eigenvalue weighted by molar-refractivity contribution is 9.10. The summed E-state index contributed by atoms with van der Waals surface area (Å²) in [5.41, 5.74) is 0.752. The molecule has 0 amide bonds. The van der Waals surface area contributed by atoms with Crippen LogP contribution in [0.1, 0.15) is 56.0 Å². The van der Waals surface area contributed by atoms with Gasteiger partial charge in [0.15, 0.2) is 5.82 Å². The maximum absolute atomic E-state index is 6.23. The van der Waals surface area contributed by atoms with E-state index in [4.69, 9.17) is 21.3 Å². The van der Waals surface area contributed by atoms with Crippen molar-refractivity contribution in [2.45, 2.75) is 50.0 Å². The molecule has 0 aromatic carbocycles. The van der Waals surface area contributed by atoms with Gasteiger partial charge in [-0.1, -0.05) is 11.6 Å². The topological polar surface area (TPSA) is 35.0 Å². The Morgan fingerprint density at radius 2 is 1.94 bits per heavy atom. The van der Waals surface area contributed by atoms with Gasteiger partial charge in [-0.2, -0.15) is 0 Å². The number of halogens is 2. The second-order valence-corrected chi connectivity index (χ2v) is 6.37. The minimum absolute atomic E-state index is 0.312. The smallest absolute Gasteiger partial charge is 0.162 e. The summed E-state index contributed by atoms with van der Waals surface area (Å²) in [5.74, 6) is 1.33. The van der Waals surface area contributed by atoms with E-state index in [0.29, 0.717) is 11.1 Å². The summed E-state index contributed by atoms with van der Waals surface area (Å²) in [6, 6.07) is 0. The van der Waals surface area contributed by atoms with Crippen LogP contribution in [-0.4, -0.2) is 17.1 Å². The van der Waals surface area contributed by atoms with Crippen molar-refractivity contribution in [3.8, 4) is 0 Å². The average Bonchev–Trinajstić information content (AvgIpc) is 3.10. The molecule has 0 unspecified atom stereocenters. The van der Waals surface area contributed by atoms with Crippen LogP contribution in [0.3, 0.4) is 0 Å². The van der Waals surface area contributed by atoms with Gasteiger partial charge in [0.2, 0.25) is 0 Å². The number of aromatic nitrogens is 2. The predicted molar refractivity (Wildman–Crippen MR) is 73.9 cm³/mol. The van der Waals surface area contributed by atoms with Crippen LogP contribution in [-0.2, 0) is 10.3 Å². The molecular weight excluding hydrogens is 316 g/mol. The highest BCUT2D eigenvalue weighted by Gasteiger charge is 2.40. The highest BCUT2D eigenvalue weighted by atomic mass is 79.9. The molecule has 2 fully saturated rings. The predicted octanol–water partition coefficient (Wildman–Crippen LogP) is 4.19. The Bertz CT molecular complexity index is 470. The Morgan fingerprint density at radius 3 is 2.50 bits per heavy atom. The molecule has 1 aromatic heterocycles. The second-order valence-electron chi connectivity index (χ2n) is 5.22. The largest absolute Gasteiger partial charge is 0.370 e. The van der Waals surface area contributed by atoms with Gasteiger partial charge in [0.05, 0.1) is 10.2 Å². The molecule has 18 heavy (non-hydrogen) atoms. The van der Waals surface area contributed by atoms with Gasteiger partial charge in [0.1, 0.15) is 10.8 Å². The Kier molecular flexibility index (Phi) is 3.37. The van der Waals surface area contributed by atoms with E-state index in [9.17, 15) is 0 Å². The summed E-state index contributed by atoms with van der Waals surface area (Å²) < 4.78 is 6.60. The fourth-order valence-corrected chi connectivity index (χ4v) is 3.41. The number of methoxy groups -OCH3 is 1. The Labute approximate surface area is 120 Å². The number of hydrogen-bond donors (Lipinski definition) is 0. The molecule has 2 aliphatic carbocycles. The SMILES string of the molecule is COC1(c2nc(Cl)c(Br)c(C3CC3)n2)CCCC1. The zero-order valence-electron chi connectivity index (χ0n) is 10.4. The van der Waals surface area contributed by atoms with E-state index >= 15 is 0 Å². The van der Waals surface area contributed by atoms with Crippen LogP contribution in [0.2, 0.25) is 5.15 Å². The van der Waals surface area contributed by atoms with Gasteiger partial charge in [-0.3, -0.25) is 0 Å². The van der Waals surface area contributed by atoms with Crippen molar-refractivity contribution in [3.63, 3.8) is 0 Å². The van der Waals surface area contributed by atoms with Gasteiger partial charge < -0.3 is 4.74 Å². The van der Waals surface area contributed by atoms with Crippen LogP contribution in [0, 0.1) is 0 Å². The zero-order chi connectivity index (χ0) is 12.8. The molecule has 0 saturated heterocycles. The van der Waals surface area contributed by atoms with E-state index in [1.165, 1.54) is 25.7 Å².